The second-order valence-corrected chi connectivity index (χ2v) is 5.27. The number of rotatable bonds is 7. The number of methoxy groups -OCH3 is 2. The monoisotopic (exact) mass is 353 g/mol. The molecule has 0 radical (unpaired) electrons. The standard InChI is InChI=1S/C13H18BrClFNO2/c1-4-7-17-12(13(18-2)19-3)8-5-6-9(14)10(15)11(8)16/h5-6,12-13,17H,4,7H2,1-3H3. The van der Waals surface area contributed by atoms with Gasteiger partial charge in [0.2, 0.25) is 0 Å². The van der Waals surface area contributed by atoms with Gasteiger partial charge in [-0.3, -0.25) is 0 Å². The molecule has 108 valence electrons. The molecule has 1 aromatic rings. The molecule has 0 bridgehead atoms. The highest BCUT2D eigenvalue weighted by atomic mass is 79.9. The summed E-state index contributed by atoms with van der Waals surface area (Å²) in [4.78, 5) is 0. The van der Waals surface area contributed by atoms with Crippen molar-refractivity contribution in [1.29, 1.82) is 0 Å². The molecule has 1 rings (SSSR count). The topological polar surface area (TPSA) is 30.5 Å². The predicted molar refractivity (Wildman–Crippen MR) is 78.0 cm³/mol. The van der Waals surface area contributed by atoms with Gasteiger partial charge in [0.15, 0.2) is 6.29 Å². The van der Waals surface area contributed by atoms with Crippen LogP contribution in [0, 0.1) is 5.82 Å². The van der Waals surface area contributed by atoms with Crippen LogP contribution in [-0.4, -0.2) is 27.1 Å². The van der Waals surface area contributed by atoms with Crippen LogP contribution in [0.25, 0.3) is 0 Å². The Morgan fingerprint density at radius 1 is 1.37 bits per heavy atom. The Morgan fingerprint density at radius 3 is 2.53 bits per heavy atom. The van der Waals surface area contributed by atoms with Crippen molar-refractivity contribution in [3.05, 3.63) is 33.0 Å². The predicted octanol–water partition coefficient (Wildman–Crippen LogP) is 3.90. The molecule has 0 aliphatic rings. The Morgan fingerprint density at radius 2 is 2.00 bits per heavy atom. The van der Waals surface area contributed by atoms with Crippen molar-refractivity contribution < 1.29 is 13.9 Å². The second kappa shape index (κ2) is 8.17. The average Bonchev–Trinajstić information content (AvgIpc) is 2.42. The average molecular weight is 355 g/mol. The molecule has 6 heteroatoms. The molecule has 0 aromatic heterocycles. The third kappa shape index (κ3) is 4.13. The van der Waals surface area contributed by atoms with Gasteiger partial charge >= 0.3 is 0 Å². The zero-order chi connectivity index (χ0) is 14.4. The Balaban J connectivity index is 3.13. The summed E-state index contributed by atoms with van der Waals surface area (Å²) >= 11 is 9.12. The van der Waals surface area contributed by atoms with Crippen LogP contribution in [0.5, 0.6) is 0 Å². The zero-order valence-electron chi connectivity index (χ0n) is 11.2. The van der Waals surface area contributed by atoms with Crippen molar-refractivity contribution in [3.63, 3.8) is 0 Å². The van der Waals surface area contributed by atoms with Crippen molar-refractivity contribution in [2.24, 2.45) is 0 Å². The lowest BCUT2D eigenvalue weighted by Crippen LogP contribution is -2.35. The van der Waals surface area contributed by atoms with Crippen LogP contribution >= 0.6 is 27.5 Å². The lowest BCUT2D eigenvalue weighted by Gasteiger charge is -2.26. The Labute approximate surface area is 126 Å². The lowest BCUT2D eigenvalue weighted by molar-refractivity contribution is -0.124. The fourth-order valence-corrected chi connectivity index (χ4v) is 2.28. The van der Waals surface area contributed by atoms with E-state index in [2.05, 4.69) is 21.2 Å². The Kier molecular flexibility index (Phi) is 7.25. The van der Waals surface area contributed by atoms with Gasteiger partial charge in [-0.2, -0.15) is 0 Å². The maximum atomic E-state index is 14.3. The van der Waals surface area contributed by atoms with Crippen molar-refractivity contribution in [3.8, 4) is 0 Å². The van der Waals surface area contributed by atoms with Gasteiger partial charge in [-0.05, 0) is 35.0 Å². The van der Waals surface area contributed by atoms with Gasteiger partial charge in [-0.1, -0.05) is 24.6 Å². The maximum Gasteiger partial charge on any atom is 0.176 e. The van der Waals surface area contributed by atoms with Crippen molar-refractivity contribution in [2.75, 3.05) is 20.8 Å². The number of nitrogens with one attached hydrogen (secondary N) is 1. The number of benzene rings is 1. The Hall–Kier alpha value is -0.200. The third-order valence-corrected chi connectivity index (χ3v) is 4.01. The van der Waals surface area contributed by atoms with Gasteiger partial charge in [-0.25, -0.2) is 4.39 Å². The summed E-state index contributed by atoms with van der Waals surface area (Å²) in [5, 5.41) is 3.27. The lowest BCUT2D eigenvalue weighted by atomic mass is 10.1. The number of hydrogen-bond donors (Lipinski definition) is 1. The second-order valence-electron chi connectivity index (χ2n) is 4.04. The summed E-state index contributed by atoms with van der Waals surface area (Å²) in [7, 11) is 3.04. The van der Waals surface area contributed by atoms with E-state index in [9.17, 15) is 4.39 Å². The number of ether oxygens (including phenoxy) is 2. The molecule has 0 saturated carbocycles. The molecule has 0 spiro atoms. The van der Waals surface area contributed by atoms with E-state index in [1.54, 1.807) is 12.1 Å². The maximum absolute atomic E-state index is 14.3. The summed E-state index contributed by atoms with van der Waals surface area (Å²) in [6.45, 7) is 2.75. The molecular weight excluding hydrogens is 337 g/mol. The molecule has 1 aromatic carbocycles. The van der Waals surface area contributed by atoms with Crippen LogP contribution in [0.15, 0.2) is 16.6 Å². The van der Waals surface area contributed by atoms with Crippen LogP contribution in [0.1, 0.15) is 24.9 Å². The number of hydrogen-bond acceptors (Lipinski definition) is 3. The quantitative estimate of drug-likeness (QED) is 0.595. The van der Waals surface area contributed by atoms with Gasteiger partial charge in [-0.15, -0.1) is 0 Å². The van der Waals surface area contributed by atoms with Gasteiger partial charge in [0.25, 0.3) is 0 Å². The van der Waals surface area contributed by atoms with Gasteiger partial charge in [0.05, 0.1) is 11.1 Å². The molecule has 3 nitrogen and oxygen atoms in total. The van der Waals surface area contributed by atoms with Crippen LogP contribution in [-0.2, 0) is 9.47 Å². The third-order valence-electron chi connectivity index (χ3n) is 2.75. The van der Waals surface area contributed by atoms with Crippen molar-refractivity contribution in [1.82, 2.24) is 5.32 Å². The van der Waals surface area contributed by atoms with Crippen LogP contribution in [0.4, 0.5) is 4.39 Å². The van der Waals surface area contributed by atoms with E-state index in [-0.39, 0.29) is 5.02 Å². The van der Waals surface area contributed by atoms with Crippen LogP contribution in [0.3, 0.4) is 0 Å². The van der Waals surface area contributed by atoms with Crippen molar-refractivity contribution in [2.45, 2.75) is 25.7 Å². The molecule has 0 aliphatic heterocycles. The first-order chi connectivity index (χ1) is 9.06. The van der Waals surface area contributed by atoms with Crippen LogP contribution < -0.4 is 5.32 Å². The van der Waals surface area contributed by atoms with E-state index in [4.69, 9.17) is 21.1 Å². The summed E-state index contributed by atoms with van der Waals surface area (Å²) in [5.41, 5.74) is 0.426. The molecule has 0 fully saturated rings. The largest absolute Gasteiger partial charge is 0.354 e. The fraction of sp³-hybridized carbons (Fsp3) is 0.538. The molecule has 1 N–H and O–H groups in total. The molecule has 0 heterocycles. The molecule has 0 aliphatic carbocycles. The van der Waals surface area contributed by atoms with E-state index in [0.717, 1.165) is 13.0 Å². The van der Waals surface area contributed by atoms with Gasteiger partial charge in [0.1, 0.15) is 5.82 Å². The molecular formula is C13H18BrClFNO2. The van der Waals surface area contributed by atoms with Crippen LogP contribution in [0.2, 0.25) is 5.02 Å². The number of halogens is 3. The summed E-state index contributed by atoms with van der Waals surface area (Å²) in [6, 6.07) is 2.97. The molecule has 0 amide bonds. The normalized spacial score (nSPS) is 13.0. The molecule has 1 unspecified atom stereocenters. The first-order valence-electron chi connectivity index (χ1n) is 5.99. The smallest absolute Gasteiger partial charge is 0.176 e. The summed E-state index contributed by atoms with van der Waals surface area (Å²) < 4.78 is 25.2. The highest BCUT2D eigenvalue weighted by Gasteiger charge is 2.26. The van der Waals surface area contributed by atoms with Gasteiger partial charge < -0.3 is 14.8 Å². The minimum Gasteiger partial charge on any atom is -0.354 e. The highest BCUT2D eigenvalue weighted by molar-refractivity contribution is 9.10. The minimum atomic E-state index is -0.585. The summed E-state index contributed by atoms with van der Waals surface area (Å²) in [5.74, 6) is -0.469. The molecule has 0 saturated heterocycles. The SMILES string of the molecule is CCCNC(c1ccc(Br)c(Cl)c1F)C(OC)OC. The van der Waals surface area contributed by atoms with Gasteiger partial charge in [0, 0.05) is 24.3 Å². The minimum absolute atomic E-state index is 0.0618. The molecule has 1 atom stereocenters. The van der Waals surface area contributed by atoms with E-state index in [1.807, 2.05) is 6.92 Å². The molecule has 19 heavy (non-hydrogen) atoms. The van der Waals surface area contributed by atoms with E-state index in [0.29, 0.717) is 10.0 Å². The summed E-state index contributed by atoms with van der Waals surface area (Å²) in [6.07, 6.45) is 0.334. The van der Waals surface area contributed by atoms with E-state index in [1.165, 1.54) is 14.2 Å². The first-order valence-corrected chi connectivity index (χ1v) is 7.16. The van der Waals surface area contributed by atoms with Crippen molar-refractivity contribution >= 4 is 27.5 Å². The zero-order valence-corrected chi connectivity index (χ0v) is 13.5. The fourth-order valence-electron chi connectivity index (χ4n) is 1.80. The van der Waals surface area contributed by atoms with E-state index < -0.39 is 18.1 Å². The highest BCUT2D eigenvalue weighted by Crippen LogP contribution is 2.32. The Bertz CT molecular complexity index is 416. The first kappa shape index (κ1) is 16.9. The van der Waals surface area contributed by atoms with E-state index >= 15 is 0 Å².